The van der Waals surface area contributed by atoms with Crippen LogP contribution >= 0.6 is 0 Å². The number of hydrogen-bond donors (Lipinski definition) is 1. The summed E-state index contributed by atoms with van der Waals surface area (Å²) in [4.78, 5) is 0. The van der Waals surface area contributed by atoms with E-state index in [2.05, 4.69) is 85.2 Å². The van der Waals surface area contributed by atoms with Crippen molar-refractivity contribution in [3.63, 3.8) is 0 Å². The molecule has 0 atom stereocenters. The Kier molecular flexibility index (Phi) is 5.35. The van der Waals surface area contributed by atoms with Crippen LogP contribution in [-0.4, -0.2) is 19.6 Å². The normalized spacial score (nSPS) is 11.1. The van der Waals surface area contributed by atoms with Crippen LogP contribution < -0.4 is 5.32 Å². The first-order chi connectivity index (χ1) is 13.7. The Morgan fingerprint density at radius 1 is 0.964 bits per heavy atom. The van der Waals surface area contributed by atoms with Crippen LogP contribution in [0.1, 0.15) is 23.6 Å². The summed E-state index contributed by atoms with van der Waals surface area (Å²) < 4.78 is 3.92. The van der Waals surface area contributed by atoms with E-state index in [-0.39, 0.29) is 0 Å². The topological polar surface area (TPSA) is 47.7 Å². The lowest BCUT2D eigenvalue weighted by Gasteiger charge is -2.04. The molecule has 0 bridgehead atoms. The molecular weight excluding hydrogens is 346 g/mol. The molecular formula is C23H25N5. The van der Waals surface area contributed by atoms with Crippen molar-refractivity contribution in [2.24, 2.45) is 0 Å². The van der Waals surface area contributed by atoms with Gasteiger partial charge < -0.3 is 5.32 Å². The fourth-order valence-electron chi connectivity index (χ4n) is 3.29. The van der Waals surface area contributed by atoms with Gasteiger partial charge in [0.05, 0.1) is 17.6 Å². The molecule has 5 nitrogen and oxygen atoms in total. The van der Waals surface area contributed by atoms with Crippen molar-refractivity contribution in [2.45, 2.75) is 33.5 Å². The van der Waals surface area contributed by atoms with Crippen molar-refractivity contribution in [1.29, 1.82) is 0 Å². The molecule has 2 aromatic carbocycles. The zero-order chi connectivity index (χ0) is 19.3. The second-order valence-corrected chi connectivity index (χ2v) is 6.96. The van der Waals surface area contributed by atoms with E-state index in [1.807, 2.05) is 21.6 Å². The lowest BCUT2D eigenvalue weighted by Crippen LogP contribution is -2.12. The Morgan fingerprint density at radius 3 is 2.57 bits per heavy atom. The first-order valence-corrected chi connectivity index (χ1v) is 9.66. The number of benzene rings is 2. The number of aromatic nitrogens is 4. The summed E-state index contributed by atoms with van der Waals surface area (Å²) in [5, 5.41) is 12.8. The molecule has 0 amide bonds. The summed E-state index contributed by atoms with van der Waals surface area (Å²) in [6.45, 7) is 6.61. The number of rotatable bonds is 7. The molecule has 0 aliphatic heterocycles. The lowest BCUT2D eigenvalue weighted by atomic mass is 10.1. The molecule has 0 spiro atoms. The average Bonchev–Trinajstić information content (AvgIpc) is 3.36. The highest BCUT2D eigenvalue weighted by Crippen LogP contribution is 2.24. The fourth-order valence-corrected chi connectivity index (χ4v) is 3.29. The van der Waals surface area contributed by atoms with Crippen molar-refractivity contribution in [3.8, 4) is 16.9 Å². The van der Waals surface area contributed by atoms with Gasteiger partial charge in [-0.05, 0) is 31.5 Å². The van der Waals surface area contributed by atoms with Gasteiger partial charge in [0.25, 0.3) is 0 Å². The summed E-state index contributed by atoms with van der Waals surface area (Å²) in [7, 11) is 0. The van der Waals surface area contributed by atoms with Crippen LogP contribution in [0.4, 0.5) is 0 Å². The molecule has 0 radical (unpaired) electrons. The van der Waals surface area contributed by atoms with Crippen LogP contribution in [0.3, 0.4) is 0 Å². The summed E-state index contributed by atoms with van der Waals surface area (Å²) in [6.07, 6.45) is 6.13. The minimum Gasteiger partial charge on any atom is -0.308 e. The van der Waals surface area contributed by atoms with Gasteiger partial charge in [0.1, 0.15) is 0 Å². The minimum atomic E-state index is 0.743. The Hall–Kier alpha value is -3.18. The summed E-state index contributed by atoms with van der Waals surface area (Å²) in [5.41, 5.74) is 6.81. The second kappa shape index (κ2) is 8.23. The third kappa shape index (κ3) is 4.05. The lowest BCUT2D eigenvalue weighted by molar-refractivity contribution is 0.655. The minimum absolute atomic E-state index is 0.743. The highest BCUT2D eigenvalue weighted by molar-refractivity contribution is 5.63. The van der Waals surface area contributed by atoms with Crippen molar-refractivity contribution in [2.75, 3.05) is 0 Å². The molecule has 0 aliphatic carbocycles. The van der Waals surface area contributed by atoms with Gasteiger partial charge >= 0.3 is 0 Å². The average molecular weight is 371 g/mol. The summed E-state index contributed by atoms with van der Waals surface area (Å²) >= 11 is 0. The Labute approximate surface area is 165 Å². The maximum absolute atomic E-state index is 4.90. The van der Waals surface area contributed by atoms with Crippen LogP contribution in [0, 0.1) is 6.92 Å². The van der Waals surface area contributed by atoms with Crippen LogP contribution in [0.2, 0.25) is 0 Å². The number of nitrogens with zero attached hydrogens (tertiary/aromatic N) is 4. The highest BCUT2D eigenvalue weighted by atomic mass is 15.3. The molecule has 0 aliphatic rings. The maximum Gasteiger partial charge on any atom is 0.0972 e. The van der Waals surface area contributed by atoms with Gasteiger partial charge in [-0.25, -0.2) is 4.68 Å². The van der Waals surface area contributed by atoms with Gasteiger partial charge in [0.15, 0.2) is 0 Å². The van der Waals surface area contributed by atoms with Crippen LogP contribution in [0.5, 0.6) is 0 Å². The second-order valence-electron chi connectivity index (χ2n) is 6.96. The van der Waals surface area contributed by atoms with Gasteiger partial charge in [-0.15, -0.1) is 0 Å². The van der Waals surface area contributed by atoms with Crippen molar-refractivity contribution >= 4 is 0 Å². The van der Waals surface area contributed by atoms with Gasteiger partial charge in [0, 0.05) is 48.7 Å². The molecule has 0 saturated heterocycles. The number of hydrogen-bond acceptors (Lipinski definition) is 3. The Balaban J connectivity index is 1.59. The standard InChI is InChI=1S/C23H25N5/c1-3-27-16-19(14-25-27)13-24-15-21-17-28(22-11-7-8-18(2)12-22)26-23(21)20-9-5-4-6-10-20/h4-12,14,16-17,24H,3,13,15H2,1-2H3. The summed E-state index contributed by atoms with van der Waals surface area (Å²) in [6, 6.07) is 18.8. The van der Waals surface area contributed by atoms with E-state index in [9.17, 15) is 0 Å². The zero-order valence-electron chi connectivity index (χ0n) is 16.3. The smallest absolute Gasteiger partial charge is 0.0972 e. The van der Waals surface area contributed by atoms with Crippen molar-refractivity contribution in [1.82, 2.24) is 24.9 Å². The monoisotopic (exact) mass is 371 g/mol. The van der Waals surface area contributed by atoms with Crippen LogP contribution in [-0.2, 0) is 19.6 Å². The quantitative estimate of drug-likeness (QED) is 0.525. The third-order valence-corrected chi connectivity index (χ3v) is 4.76. The summed E-state index contributed by atoms with van der Waals surface area (Å²) in [5.74, 6) is 0. The van der Waals surface area contributed by atoms with Crippen LogP contribution in [0.25, 0.3) is 16.9 Å². The van der Waals surface area contributed by atoms with Gasteiger partial charge in [0.2, 0.25) is 0 Å². The molecule has 0 saturated carbocycles. The maximum atomic E-state index is 4.90. The van der Waals surface area contributed by atoms with E-state index in [0.29, 0.717) is 0 Å². The van der Waals surface area contributed by atoms with Gasteiger partial charge in [-0.3, -0.25) is 4.68 Å². The Bertz CT molecular complexity index is 1050. The SMILES string of the molecule is CCn1cc(CNCc2cn(-c3cccc(C)c3)nc2-c2ccccc2)cn1. The predicted molar refractivity (Wildman–Crippen MR) is 112 cm³/mol. The zero-order valence-corrected chi connectivity index (χ0v) is 16.3. The van der Waals surface area contributed by atoms with E-state index < -0.39 is 0 Å². The molecule has 4 aromatic rings. The Morgan fingerprint density at radius 2 is 1.82 bits per heavy atom. The van der Waals surface area contributed by atoms with Gasteiger partial charge in [-0.2, -0.15) is 10.2 Å². The third-order valence-electron chi connectivity index (χ3n) is 4.76. The van der Waals surface area contributed by atoms with E-state index in [4.69, 9.17) is 5.10 Å². The molecule has 2 aromatic heterocycles. The molecule has 2 heterocycles. The fraction of sp³-hybridized carbons (Fsp3) is 0.217. The van der Waals surface area contributed by atoms with Crippen LogP contribution in [0.15, 0.2) is 73.2 Å². The molecule has 0 unspecified atom stereocenters. The molecule has 1 N–H and O–H groups in total. The molecule has 0 fully saturated rings. The first kappa shape index (κ1) is 18.2. The van der Waals surface area contributed by atoms with Crippen molar-refractivity contribution < 1.29 is 0 Å². The first-order valence-electron chi connectivity index (χ1n) is 9.66. The molecule has 28 heavy (non-hydrogen) atoms. The molecule has 5 heteroatoms. The highest BCUT2D eigenvalue weighted by Gasteiger charge is 2.12. The van der Waals surface area contributed by atoms with E-state index in [0.717, 1.165) is 36.6 Å². The predicted octanol–water partition coefficient (Wildman–Crippen LogP) is 4.35. The number of nitrogens with one attached hydrogen (secondary N) is 1. The van der Waals surface area contributed by atoms with E-state index in [1.165, 1.54) is 16.7 Å². The van der Waals surface area contributed by atoms with Gasteiger partial charge in [-0.1, -0.05) is 42.5 Å². The largest absolute Gasteiger partial charge is 0.308 e. The molecule has 4 rings (SSSR count). The van der Waals surface area contributed by atoms with E-state index >= 15 is 0 Å². The van der Waals surface area contributed by atoms with Crippen molar-refractivity contribution in [3.05, 3.63) is 89.9 Å². The number of aryl methyl sites for hydroxylation is 2. The van der Waals surface area contributed by atoms with E-state index in [1.54, 1.807) is 0 Å². The molecule has 142 valence electrons.